The molecule has 0 spiro atoms. The second-order valence-electron chi connectivity index (χ2n) is 4.33. The van der Waals surface area contributed by atoms with Crippen molar-refractivity contribution in [1.82, 2.24) is 9.78 Å². The number of hydrogen-bond donors (Lipinski definition) is 1. The Labute approximate surface area is 116 Å². The highest BCUT2D eigenvalue weighted by molar-refractivity contribution is 7.89. The van der Waals surface area contributed by atoms with E-state index in [0.717, 1.165) is 23.5 Å². The van der Waals surface area contributed by atoms with Crippen molar-refractivity contribution in [3.05, 3.63) is 41.5 Å². The Kier molecular flexibility index (Phi) is 3.78. The Morgan fingerprint density at radius 1 is 1.40 bits per heavy atom. The standard InChI is InChI=1S/C12H14FN3O3S/c1-8-5-10(16(2)15-8)7-19-11-4-3-9(13)6-12(11)20(14,17)18/h3-6H,7H2,1-2H3,(H2,14,17,18). The number of nitrogens with zero attached hydrogens (tertiary/aromatic N) is 2. The van der Waals surface area contributed by atoms with Crippen LogP contribution in [-0.4, -0.2) is 18.2 Å². The number of aryl methyl sites for hydroxylation is 2. The molecule has 0 aliphatic heterocycles. The van der Waals surface area contributed by atoms with Crippen LogP contribution >= 0.6 is 0 Å². The van der Waals surface area contributed by atoms with Gasteiger partial charge in [0.05, 0.1) is 11.4 Å². The first-order valence-electron chi connectivity index (χ1n) is 5.72. The summed E-state index contributed by atoms with van der Waals surface area (Å²) < 4.78 is 43.0. The van der Waals surface area contributed by atoms with Crippen molar-refractivity contribution in [2.75, 3.05) is 0 Å². The van der Waals surface area contributed by atoms with Crippen LogP contribution in [0.2, 0.25) is 0 Å². The summed E-state index contributed by atoms with van der Waals surface area (Å²) in [5.74, 6) is -0.689. The molecular weight excluding hydrogens is 285 g/mol. The molecule has 0 aliphatic carbocycles. The highest BCUT2D eigenvalue weighted by Crippen LogP contribution is 2.24. The van der Waals surface area contributed by atoms with Gasteiger partial charge >= 0.3 is 0 Å². The summed E-state index contributed by atoms with van der Waals surface area (Å²) in [7, 11) is -2.31. The lowest BCUT2D eigenvalue weighted by Crippen LogP contribution is -2.14. The van der Waals surface area contributed by atoms with Gasteiger partial charge < -0.3 is 4.74 Å². The van der Waals surface area contributed by atoms with Crippen molar-refractivity contribution in [3.8, 4) is 5.75 Å². The number of nitrogens with two attached hydrogens (primary N) is 1. The Morgan fingerprint density at radius 3 is 2.65 bits per heavy atom. The number of ether oxygens (including phenoxy) is 1. The van der Waals surface area contributed by atoms with Crippen molar-refractivity contribution in [2.45, 2.75) is 18.4 Å². The van der Waals surface area contributed by atoms with E-state index in [9.17, 15) is 12.8 Å². The molecular formula is C12H14FN3O3S. The van der Waals surface area contributed by atoms with Crippen LogP contribution in [0.5, 0.6) is 5.75 Å². The van der Waals surface area contributed by atoms with Gasteiger partial charge in [-0.05, 0) is 31.2 Å². The molecule has 6 nitrogen and oxygen atoms in total. The molecule has 0 unspecified atom stereocenters. The van der Waals surface area contributed by atoms with Gasteiger partial charge in [-0.3, -0.25) is 4.68 Å². The van der Waals surface area contributed by atoms with E-state index in [1.165, 1.54) is 6.07 Å². The summed E-state index contributed by atoms with van der Waals surface area (Å²) in [6.07, 6.45) is 0. The van der Waals surface area contributed by atoms with Gasteiger partial charge in [0.1, 0.15) is 23.1 Å². The summed E-state index contributed by atoms with van der Waals surface area (Å²) in [6.45, 7) is 1.93. The Balaban J connectivity index is 2.28. The van der Waals surface area contributed by atoms with Gasteiger partial charge in [-0.1, -0.05) is 0 Å². The lowest BCUT2D eigenvalue weighted by Gasteiger charge is -2.10. The van der Waals surface area contributed by atoms with Crippen molar-refractivity contribution in [2.24, 2.45) is 12.2 Å². The van der Waals surface area contributed by atoms with Crippen LogP contribution in [0.4, 0.5) is 4.39 Å². The van der Waals surface area contributed by atoms with E-state index in [2.05, 4.69) is 5.10 Å². The minimum absolute atomic E-state index is 0.00718. The minimum Gasteiger partial charge on any atom is -0.486 e. The van der Waals surface area contributed by atoms with Crippen molar-refractivity contribution < 1.29 is 17.5 Å². The van der Waals surface area contributed by atoms with Gasteiger partial charge in [-0.15, -0.1) is 0 Å². The number of benzene rings is 1. The van der Waals surface area contributed by atoms with Gasteiger partial charge in [0, 0.05) is 7.05 Å². The van der Waals surface area contributed by atoms with Gasteiger partial charge in [0.25, 0.3) is 0 Å². The van der Waals surface area contributed by atoms with Crippen LogP contribution < -0.4 is 9.88 Å². The summed E-state index contributed by atoms with van der Waals surface area (Å²) >= 11 is 0. The molecule has 0 saturated carbocycles. The maximum absolute atomic E-state index is 13.1. The fourth-order valence-corrected chi connectivity index (χ4v) is 2.46. The lowest BCUT2D eigenvalue weighted by molar-refractivity contribution is 0.286. The number of halogens is 1. The number of hydrogen-bond acceptors (Lipinski definition) is 4. The second-order valence-corrected chi connectivity index (χ2v) is 5.86. The average molecular weight is 299 g/mol. The van der Waals surface area contributed by atoms with Crippen LogP contribution in [0.15, 0.2) is 29.2 Å². The van der Waals surface area contributed by atoms with Gasteiger partial charge in [0.15, 0.2) is 0 Å². The van der Waals surface area contributed by atoms with E-state index in [1.807, 2.05) is 6.92 Å². The average Bonchev–Trinajstić information content (AvgIpc) is 2.65. The molecule has 8 heteroatoms. The summed E-state index contributed by atoms with van der Waals surface area (Å²) in [6, 6.07) is 4.98. The molecule has 108 valence electrons. The van der Waals surface area contributed by atoms with Gasteiger partial charge in [0.2, 0.25) is 10.0 Å². The van der Waals surface area contributed by atoms with Crippen molar-refractivity contribution in [3.63, 3.8) is 0 Å². The van der Waals surface area contributed by atoms with Crippen molar-refractivity contribution in [1.29, 1.82) is 0 Å². The van der Waals surface area contributed by atoms with Crippen LogP contribution in [0.1, 0.15) is 11.4 Å². The molecule has 2 N–H and O–H groups in total. The Morgan fingerprint density at radius 2 is 2.10 bits per heavy atom. The van der Waals surface area contributed by atoms with E-state index in [4.69, 9.17) is 9.88 Å². The minimum atomic E-state index is -4.05. The van der Waals surface area contributed by atoms with Crippen LogP contribution in [0.3, 0.4) is 0 Å². The quantitative estimate of drug-likeness (QED) is 0.915. The maximum Gasteiger partial charge on any atom is 0.241 e. The predicted molar refractivity (Wildman–Crippen MR) is 70.1 cm³/mol. The highest BCUT2D eigenvalue weighted by Gasteiger charge is 2.17. The number of aromatic nitrogens is 2. The zero-order valence-corrected chi connectivity index (χ0v) is 11.8. The first-order chi connectivity index (χ1) is 9.27. The van der Waals surface area contributed by atoms with Gasteiger partial charge in [-0.25, -0.2) is 17.9 Å². The third kappa shape index (κ3) is 3.14. The number of rotatable bonds is 4. The Hall–Kier alpha value is -1.93. The fourth-order valence-electron chi connectivity index (χ4n) is 1.77. The zero-order chi connectivity index (χ0) is 14.9. The summed E-state index contributed by atoms with van der Waals surface area (Å²) in [4.78, 5) is -0.378. The third-order valence-electron chi connectivity index (χ3n) is 2.69. The number of sulfonamides is 1. The number of primary sulfonamides is 1. The molecule has 0 fully saturated rings. The Bertz CT molecular complexity index is 740. The van der Waals surface area contributed by atoms with E-state index in [-0.39, 0.29) is 17.3 Å². The van der Waals surface area contributed by atoms with E-state index in [1.54, 1.807) is 17.8 Å². The molecule has 0 aliphatic rings. The van der Waals surface area contributed by atoms with Crippen LogP contribution in [0, 0.1) is 12.7 Å². The highest BCUT2D eigenvalue weighted by atomic mass is 32.2. The molecule has 0 radical (unpaired) electrons. The lowest BCUT2D eigenvalue weighted by atomic mass is 10.3. The zero-order valence-electron chi connectivity index (χ0n) is 11.0. The van der Waals surface area contributed by atoms with Gasteiger partial charge in [-0.2, -0.15) is 5.10 Å². The molecule has 1 aromatic heterocycles. The molecule has 0 saturated heterocycles. The summed E-state index contributed by atoms with van der Waals surface area (Å²) in [5.41, 5.74) is 1.57. The molecule has 0 amide bonds. The molecule has 0 bridgehead atoms. The fraction of sp³-hybridized carbons (Fsp3) is 0.250. The molecule has 2 rings (SSSR count). The van der Waals surface area contributed by atoms with Crippen LogP contribution in [0.25, 0.3) is 0 Å². The van der Waals surface area contributed by atoms with E-state index in [0.29, 0.717) is 0 Å². The molecule has 1 heterocycles. The maximum atomic E-state index is 13.1. The smallest absolute Gasteiger partial charge is 0.241 e. The van der Waals surface area contributed by atoms with E-state index < -0.39 is 15.8 Å². The predicted octanol–water partition coefficient (Wildman–Crippen LogP) is 1.09. The first-order valence-corrected chi connectivity index (χ1v) is 7.26. The first kappa shape index (κ1) is 14.5. The summed E-state index contributed by atoms with van der Waals surface area (Å²) in [5, 5.41) is 9.18. The topological polar surface area (TPSA) is 87.2 Å². The monoisotopic (exact) mass is 299 g/mol. The van der Waals surface area contributed by atoms with Crippen molar-refractivity contribution >= 4 is 10.0 Å². The third-order valence-corrected chi connectivity index (χ3v) is 3.62. The molecule has 1 aromatic carbocycles. The normalized spacial score (nSPS) is 11.6. The largest absolute Gasteiger partial charge is 0.486 e. The van der Waals surface area contributed by atoms with Crippen LogP contribution in [-0.2, 0) is 23.7 Å². The SMILES string of the molecule is Cc1cc(COc2ccc(F)cc2S(N)(=O)=O)n(C)n1. The van der Waals surface area contributed by atoms with E-state index >= 15 is 0 Å². The second kappa shape index (κ2) is 5.22. The molecule has 0 atom stereocenters. The molecule has 20 heavy (non-hydrogen) atoms. The molecule has 2 aromatic rings.